The zero-order chi connectivity index (χ0) is 64.6. The molecule has 0 saturated heterocycles. The van der Waals surface area contributed by atoms with Gasteiger partial charge in [-0.15, -0.1) is 0 Å². The average molecular weight is 1280 g/mol. The molecule has 0 atom stereocenters. The lowest BCUT2D eigenvalue weighted by atomic mass is 9.31. The number of hydrogen-bond donors (Lipinski definition) is 0. The van der Waals surface area contributed by atoms with Gasteiger partial charge < -0.3 is 19.6 Å². The van der Waals surface area contributed by atoms with Crippen LogP contribution in [-0.2, 0) is 0 Å². The molecule has 15 aromatic carbocycles. The third-order valence-corrected chi connectivity index (χ3v) is 22.2. The van der Waals surface area contributed by atoms with Gasteiger partial charge in [-0.25, -0.2) is 0 Å². The van der Waals surface area contributed by atoms with Gasteiger partial charge in [0.25, 0.3) is 6.71 Å². The molecular formula is C90H60B2N4S2. The Balaban J connectivity index is 0.822. The average Bonchev–Trinajstić information content (AvgIpc) is 0.690. The van der Waals surface area contributed by atoms with Crippen molar-refractivity contribution < 1.29 is 0 Å². The van der Waals surface area contributed by atoms with E-state index in [0.717, 1.165) is 56.9 Å². The molecule has 0 radical (unpaired) electrons. The normalized spacial score (nSPS) is 12.7. The molecule has 15 aromatic rings. The summed E-state index contributed by atoms with van der Waals surface area (Å²) in [5, 5.41) is 0. The molecule has 458 valence electrons. The van der Waals surface area contributed by atoms with Crippen molar-refractivity contribution in [2.45, 2.75) is 19.6 Å². The molecule has 8 heteroatoms. The molecule has 4 heterocycles. The molecule has 0 fully saturated rings. The molecule has 98 heavy (non-hydrogen) atoms. The largest absolute Gasteiger partial charge is 0.311 e. The SMILES string of the molecule is c1ccc(-c2ccc(N(c3ccc(-c4ccccc4)cc3)c3cc4c5c(c3)Sc3cc6c(cc3B5c3ccccc3S4)B3c4ccccc4N(c4ccccc4)c4cc(N(c5ccc(-c7ccccc7)cc5)c5ccc(-c7ccccc7)cc5)cc(c43)N6c3ccccc3)cc2)cc1. The van der Waals surface area contributed by atoms with E-state index in [9.17, 15) is 0 Å². The van der Waals surface area contributed by atoms with E-state index in [2.05, 4.69) is 384 Å². The molecular weight excluding hydrogens is 1220 g/mol. The van der Waals surface area contributed by atoms with Crippen LogP contribution in [0.25, 0.3) is 44.5 Å². The molecule has 0 spiro atoms. The van der Waals surface area contributed by atoms with Gasteiger partial charge in [-0.3, -0.25) is 0 Å². The van der Waals surface area contributed by atoms with Gasteiger partial charge in [0.1, 0.15) is 0 Å². The zero-order valence-electron chi connectivity index (χ0n) is 53.4. The summed E-state index contributed by atoms with van der Waals surface area (Å²) in [6.07, 6.45) is 0. The van der Waals surface area contributed by atoms with Crippen molar-refractivity contribution in [3.05, 3.63) is 364 Å². The minimum Gasteiger partial charge on any atom is -0.311 e. The first-order chi connectivity index (χ1) is 48.6. The van der Waals surface area contributed by atoms with Crippen molar-refractivity contribution >= 4 is 138 Å². The number of anilines is 12. The highest BCUT2D eigenvalue weighted by atomic mass is 32.2. The highest BCUT2D eigenvalue weighted by Crippen LogP contribution is 2.51. The standard InChI is InChI=1S/C90H60B2N4S2/c1-7-23-61(24-8-1)65-39-47-71(48-40-65)93(72-49-41-66(42-50-72)62-25-9-2-10-26-62)75-55-83-89-84(56-75)96(70-33-17-6-18-34-70)82-60-86-80(59-79(82)91(89)77-35-19-21-37-81(77)95(83)69-31-15-5-16-32-69)92-78-36-20-22-38-85(78)97-87-57-76(58-88(98-86)90(87)92)94(73-51-43-67(44-52-73)63-27-11-3-12-28-63)74-53-45-68(46-54-74)64-29-13-4-14-30-64/h1-60H. The molecule has 0 bridgehead atoms. The van der Waals surface area contributed by atoms with Crippen molar-refractivity contribution in [1.29, 1.82) is 0 Å². The van der Waals surface area contributed by atoms with Crippen LogP contribution in [0.3, 0.4) is 0 Å². The summed E-state index contributed by atoms with van der Waals surface area (Å²) in [7, 11) is 0. The molecule has 19 rings (SSSR count). The molecule has 0 aliphatic carbocycles. The minimum atomic E-state index is -0.120. The molecule has 0 saturated carbocycles. The van der Waals surface area contributed by atoms with Crippen molar-refractivity contribution in [3.8, 4) is 44.5 Å². The van der Waals surface area contributed by atoms with Gasteiger partial charge in [0.2, 0.25) is 6.71 Å². The van der Waals surface area contributed by atoms with Crippen LogP contribution < -0.4 is 52.4 Å². The van der Waals surface area contributed by atoms with Gasteiger partial charge in [0.05, 0.1) is 5.69 Å². The summed E-state index contributed by atoms with van der Waals surface area (Å²) in [6, 6.07) is 135. The van der Waals surface area contributed by atoms with Crippen LogP contribution in [0.15, 0.2) is 384 Å². The molecule has 0 amide bonds. The second-order valence-electron chi connectivity index (χ2n) is 25.5. The second kappa shape index (κ2) is 24.2. The molecule has 4 aliphatic rings. The predicted octanol–water partition coefficient (Wildman–Crippen LogP) is 20.8. The molecule has 4 nitrogen and oxygen atoms in total. The van der Waals surface area contributed by atoms with E-state index in [0.29, 0.717) is 0 Å². The van der Waals surface area contributed by atoms with E-state index in [1.54, 1.807) is 0 Å². The van der Waals surface area contributed by atoms with Crippen molar-refractivity contribution in [3.63, 3.8) is 0 Å². The monoisotopic (exact) mass is 1280 g/mol. The van der Waals surface area contributed by atoms with Crippen LogP contribution in [0, 0.1) is 0 Å². The quantitative estimate of drug-likeness (QED) is 0.112. The predicted molar refractivity (Wildman–Crippen MR) is 417 cm³/mol. The van der Waals surface area contributed by atoms with E-state index >= 15 is 0 Å². The minimum absolute atomic E-state index is 0.0139. The van der Waals surface area contributed by atoms with Gasteiger partial charge in [0, 0.05) is 82.1 Å². The van der Waals surface area contributed by atoms with Crippen LogP contribution in [0.1, 0.15) is 0 Å². The lowest BCUT2D eigenvalue weighted by Crippen LogP contribution is -2.64. The maximum Gasteiger partial charge on any atom is 0.252 e. The fraction of sp³-hybridized carbons (Fsp3) is 0. The van der Waals surface area contributed by atoms with Crippen molar-refractivity contribution in [2.24, 2.45) is 0 Å². The number of nitrogens with zero attached hydrogens (tertiary/aromatic N) is 4. The van der Waals surface area contributed by atoms with E-state index in [1.807, 2.05) is 23.5 Å². The van der Waals surface area contributed by atoms with Gasteiger partial charge in [-0.05, 0) is 182 Å². The smallest absolute Gasteiger partial charge is 0.252 e. The van der Waals surface area contributed by atoms with Crippen LogP contribution in [0.2, 0.25) is 0 Å². The molecule has 0 N–H and O–H groups in total. The molecule has 0 unspecified atom stereocenters. The third-order valence-electron chi connectivity index (χ3n) is 19.9. The first-order valence-corrected chi connectivity index (χ1v) is 35.2. The topological polar surface area (TPSA) is 13.0 Å². The van der Waals surface area contributed by atoms with Crippen molar-refractivity contribution in [1.82, 2.24) is 0 Å². The van der Waals surface area contributed by atoms with E-state index < -0.39 is 0 Å². The number of fused-ring (bicyclic) bond motifs is 8. The third kappa shape index (κ3) is 9.97. The second-order valence-corrected chi connectivity index (χ2v) is 27.7. The maximum absolute atomic E-state index is 2.63. The van der Waals surface area contributed by atoms with Gasteiger partial charge in [0.15, 0.2) is 0 Å². The maximum atomic E-state index is 2.63. The number of hydrogen-bond acceptors (Lipinski definition) is 6. The van der Waals surface area contributed by atoms with Crippen LogP contribution in [0.5, 0.6) is 0 Å². The number of rotatable bonds is 12. The summed E-state index contributed by atoms with van der Waals surface area (Å²) in [5.74, 6) is 0. The lowest BCUT2D eigenvalue weighted by Gasteiger charge is -2.45. The van der Waals surface area contributed by atoms with E-state index in [1.165, 1.54) is 108 Å². The highest BCUT2D eigenvalue weighted by molar-refractivity contribution is 8.01. The van der Waals surface area contributed by atoms with Gasteiger partial charge >= 0.3 is 0 Å². The highest BCUT2D eigenvalue weighted by Gasteiger charge is 2.47. The Morgan fingerprint density at radius 2 is 0.541 bits per heavy atom. The first kappa shape index (κ1) is 57.7. The first-order valence-electron chi connectivity index (χ1n) is 33.6. The summed E-state index contributed by atoms with van der Waals surface area (Å²) >= 11 is 3.83. The Morgan fingerprint density at radius 3 is 0.980 bits per heavy atom. The summed E-state index contributed by atoms with van der Waals surface area (Å²) in [6.45, 7) is -0.134. The fourth-order valence-electron chi connectivity index (χ4n) is 15.5. The van der Waals surface area contributed by atoms with Crippen LogP contribution in [0.4, 0.5) is 68.2 Å². The Labute approximate surface area is 581 Å². The number of para-hydroxylation sites is 3. The Hall–Kier alpha value is -11.7. The van der Waals surface area contributed by atoms with E-state index in [4.69, 9.17) is 0 Å². The Kier molecular flexibility index (Phi) is 14.3. The lowest BCUT2D eigenvalue weighted by molar-refractivity contribution is 1.22. The van der Waals surface area contributed by atoms with Crippen LogP contribution in [-0.4, -0.2) is 13.4 Å². The van der Waals surface area contributed by atoms with Gasteiger partial charge in [-0.1, -0.05) is 283 Å². The summed E-state index contributed by atoms with van der Waals surface area (Å²) < 4.78 is 0. The van der Waals surface area contributed by atoms with Crippen molar-refractivity contribution in [2.75, 3.05) is 19.6 Å². The van der Waals surface area contributed by atoms with Gasteiger partial charge in [-0.2, -0.15) is 0 Å². The Morgan fingerprint density at radius 1 is 0.204 bits per heavy atom. The molecule has 0 aromatic heterocycles. The summed E-state index contributed by atoms with van der Waals surface area (Å²) in [5.41, 5.74) is 30.7. The fourth-order valence-corrected chi connectivity index (χ4v) is 17.9. The number of benzene rings is 15. The summed E-state index contributed by atoms with van der Waals surface area (Å²) in [4.78, 5) is 15.1. The molecule has 4 aliphatic heterocycles. The van der Waals surface area contributed by atoms with E-state index in [-0.39, 0.29) is 13.4 Å². The zero-order valence-corrected chi connectivity index (χ0v) is 55.0. The Bertz CT molecular complexity index is 5330. The van der Waals surface area contributed by atoms with Crippen LogP contribution >= 0.6 is 23.5 Å².